The average Bonchev–Trinajstić information content (AvgIpc) is 2.29. The Morgan fingerprint density at radius 1 is 1.24 bits per heavy atom. The van der Waals surface area contributed by atoms with Crippen molar-refractivity contribution in [3.05, 3.63) is 27.7 Å². The molecule has 1 rings (SSSR count). The zero-order valence-corrected chi connectivity index (χ0v) is 10.2. The summed E-state index contributed by atoms with van der Waals surface area (Å²) in [6, 6.07) is -0.120. The molecular weight excluding hydrogens is 312 g/mol. The average molecular weight is 319 g/mol. The van der Waals surface area contributed by atoms with Crippen LogP contribution in [0.2, 0.25) is 0 Å². The summed E-state index contributed by atoms with van der Waals surface area (Å²) in [5, 5.41) is 0. The molecule has 0 amide bonds. The molecule has 0 radical (unpaired) electrons. The number of aromatic nitrogens is 1. The molecule has 0 unspecified atom stereocenters. The molecule has 0 bridgehead atoms. The first-order valence-electron chi connectivity index (χ1n) is 5.10. The second-order valence-corrected chi connectivity index (χ2v) is 3.65. The number of halogens is 6. The molecule has 0 saturated heterocycles. The third kappa shape index (κ3) is 4.68. The maximum absolute atomic E-state index is 12.7. The Kier molecular flexibility index (Phi) is 4.54. The highest BCUT2D eigenvalue weighted by molar-refractivity contribution is 5.72. The van der Waals surface area contributed by atoms with Crippen molar-refractivity contribution in [3.8, 4) is 5.75 Å². The minimum absolute atomic E-state index is 0.120. The van der Waals surface area contributed by atoms with Gasteiger partial charge in [-0.25, -0.2) is 0 Å². The molecule has 1 aromatic heterocycles. The number of rotatable bonds is 3. The van der Waals surface area contributed by atoms with Gasteiger partial charge in [0.15, 0.2) is 5.75 Å². The van der Waals surface area contributed by atoms with Crippen molar-refractivity contribution in [2.24, 2.45) is 0 Å². The third-order valence-electron chi connectivity index (χ3n) is 2.17. The Bertz CT molecular complexity index is 589. The highest BCUT2D eigenvalue weighted by Crippen LogP contribution is 2.33. The van der Waals surface area contributed by atoms with Gasteiger partial charge < -0.3 is 14.5 Å². The van der Waals surface area contributed by atoms with Crippen LogP contribution < -0.4 is 10.3 Å². The summed E-state index contributed by atoms with van der Waals surface area (Å²) in [4.78, 5) is 23.8. The molecule has 0 aliphatic heterocycles. The molecule has 0 atom stereocenters. The van der Waals surface area contributed by atoms with Crippen molar-refractivity contribution in [1.29, 1.82) is 0 Å². The number of ether oxygens (including phenoxy) is 2. The number of pyridine rings is 1. The standard InChI is InChI=1S/C10H7F6NO4/c1-20-7(18)3-5-4(9(11,12)13)2-6(8(19)17-5)21-10(14,15)16/h2H,3H2,1H3,(H,17,19). The van der Waals surface area contributed by atoms with Crippen LogP contribution in [0.15, 0.2) is 10.9 Å². The van der Waals surface area contributed by atoms with E-state index in [0.29, 0.717) is 0 Å². The summed E-state index contributed by atoms with van der Waals surface area (Å²) in [6.45, 7) is 0. The molecule has 0 aromatic carbocycles. The van der Waals surface area contributed by atoms with Gasteiger partial charge in [-0.1, -0.05) is 0 Å². The zero-order valence-electron chi connectivity index (χ0n) is 10.2. The molecular formula is C10H7F6NO4. The number of H-pyrrole nitrogens is 1. The van der Waals surface area contributed by atoms with Crippen LogP contribution in [0.25, 0.3) is 0 Å². The summed E-state index contributed by atoms with van der Waals surface area (Å²) in [6.07, 6.45) is -11.4. The Hall–Kier alpha value is -2.20. The number of methoxy groups -OCH3 is 1. The van der Waals surface area contributed by atoms with E-state index in [4.69, 9.17) is 0 Å². The molecule has 0 fully saturated rings. The Morgan fingerprint density at radius 2 is 1.81 bits per heavy atom. The van der Waals surface area contributed by atoms with Crippen LogP contribution in [-0.2, 0) is 22.1 Å². The van der Waals surface area contributed by atoms with Gasteiger partial charge in [0.2, 0.25) is 0 Å². The van der Waals surface area contributed by atoms with Gasteiger partial charge in [-0.05, 0) is 0 Å². The van der Waals surface area contributed by atoms with Crippen molar-refractivity contribution >= 4 is 5.97 Å². The van der Waals surface area contributed by atoms with Gasteiger partial charge >= 0.3 is 18.5 Å². The van der Waals surface area contributed by atoms with E-state index in [9.17, 15) is 35.9 Å². The smallest absolute Gasteiger partial charge is 0.469 e. The predicted octanol–water partition coefficient (Wildman–Crippen LogP) is 2.01. The lowest BCUT2D eigenvalue weighted by Gasteiger charge is -2.14. The zero-order chi connectivity index (χ0) is 16.4. The second kappa shape index (κ2) is 5.66. The van der Waals surface area contributed by atoms with Crippen LogP contribution in [-0.4, -0.2) is 24.4 Å². The summed E-state index contributed by atoms with van der Waals surface area (Å²) in [7, 11) is 0.898. The summed E-state index contributed by atoms with van der Waals surface area (Å²) >= 11 is 0. The quantitative estimate of drug-likeness (QED) is 0.683. The number of hydrogen-bond acceptors (Lipinski definition) is 4. The van der Waals surface area contributed by atoms with E-state index in [-0.39, 0.29) is 6.07 Å². The summed E-state index contributed by atoms with van der Waals surface area (Å²) in [5.41, 5.74) is -4.11. The van der Waals surface area contributed by atoms with Gasteiger partial charge in [0.1, 0.15) is 0 Å². The Balaban J connectivity index is 3.37. The number of carbonyl (C=O) groups excluding carboxylic acids is 1. The van der Waals surface area contributed by atoms with Gasteiger partial charge in [-0.2, -0.15) is 13.2 Å². The lowest BCUT2D eigenvalue weighted by molar-refractivity contribution is -0.275. The molecule has 0 saturated carbocycles. The van der Waals surface area contributed by atoms with E-state index in [1.54, 1.807) is 0 Å². The molecule has 1 N–H and O–H groups in total. The minimum atomic E-state index is -5.33. The van der Waals surface area contributed by atoms with Gasteiger partial charge in [0.05, 0.1) is 19.1 Å². The monoisotopic (exact) mass is 319 g/mol. The fourth-order valence-electron chi connectivity index (χ4n) is 1.36. The van der Waals surface area contributed by atoms with Crippen molar-refractivity contribution in [3.63, 3.8) is 0 Å². The van der Waals surface area contributed by atoms with Gasteiger partial charge in [0.25, 0.3) is 5.56 Å². The number of nitrogens with one attached hydrogen (secondary N) is 1. The molecule has 21 heavy (non-hydrogen) atoms. The first kappa shape index (κ1) is 16.9. The number of aromatic amines is 1. The molecule has 1 aromatic rings. The lowest BCUT2D eigenvalue weighted by Crippen LogP contribution is -2.26. The minimum Gasteiger partial charge on any atom is -0.469 e. The van der Waals surface area contributed by atoms with Crippen LogP contribution >= 0.6 is 0 Å². The third-order valence-corrected chi connectivity index (χ3v) is 2.17. The Morgan fingerprint density at radius 3 is 2.24 bits per heavy atom. The topological polar surface area (TPSA) is 68.4 Å². The molecule has 11 heteroatoms. The lowest BCUT2D eigenvalue weighted by atomic mass is 10.1. The summed E-state index contributed by atoms with van der Waals surface area (Å²) in [5.74, 6) is -2.69. The van der Waals surface area contributed by atoms with E-state index < -0.39 is 47.5 Å². The highest BCUT2D eigenvalue weighted by Gasteiger charge is 2.38. The van der Waals surface area contributed by atoms with Crippen LogP contribution in [0, 0.1) is 0 Å². The largest absolute Gasteiger partial charge is 0.573 e. The van der Waals surface area contributed by atoms with Gasteiger partial charge in [-0.15, -0.1) is 13.2 Å². The first-order chi connectivity index (χ1) is 9.44. The van der Waals surface area contributed by atoms with Crippen LogP contribution in [0.5, 0.6) is 5.75 Å². The molecule has 0 aliphatic rings. The second-order valence-electron chi connectivity index (χ2n) is 3.65. The molecule has 0 aliphatic carbocycles. The van der Waals surface area contributed by atoms with Gasteiger partial charge in [0, 0.05) is 11.8 Å². The SMILES string of the molecule is COC(=O)Cc1[nH]c(=O)c(OC(F)(F)F)cc1C(F)(F)F. The Labute approximate surface area is 112 Å². The normalized spacial score (nSPS) is 12.1. The number of hydrogen-bond donors (Lipinski definition) is 1. The molecule has 0 spiro atoms. The van der Waals surface area contributed by atoms with Gasteiger partial charge in [-0.3, -0.25) is 9.59 Å². The molecule has 118 valence electrons. The predicted molar refractivity (Wildman–Crippen MR) is 54.5 cm³/mol. The number of alkyl halides is 6. The molecule has 1 heterocycles. The fourth-order valence-corrected chi connectivity index (χ4v) is 1.36. The van der Waals surface area contributed by atoms with Crippen molar-refractivity contribution in [1.82, 2.24) is 4.98 Å². The first-order valence-corrected chi connectivity index (χ1v) is 5.10. The van der Waals surface area contributed by atoms with E-state index >= 15 is 0 Å². The van der Waals surface area contributed by atoms with Crippen molar-refractivity contribution < 1.29 is 40.6 Å². The van der Waals surface area contributed by atoms with Crippen LogP contribution in [0.4, 0.5) is 26.3 Å². The maximum atomic E-state index is 12.7. The number of carbonyl (C=O) groups is 1. The fraction of sp³-hybridized carbons (Fsp3) is 0.400. The summed E-state index contributed by atoms with van der Waals surface area (Å²) < 4.78 is 81.5. The van der Waals surface area contributed by atoms with E-state index in [1.165, 1.54) is 4.98 Å². The molecule has 5 nitrogen and oxygen atoms in total. The number of esters is 1. The van der Waals surface area contributed by atoms with Crippen LogP contribution in [0.3, 0.4) is 0 Å². The van der Waals surface area contributed by atoms with Crippen molar-refractivity contribution in [2.75, 3.05) is 7.11 Å². The van der Waals surface area contributed by atoms with Crippen LogP contribution in [0.1, 0.15) is 11.3 Å². The van der Waals surface area contributed by atoms with E-state index in [1.807, 2.05) is 0 Å². The van der Waals surface area contributed by atoms with E-state index in [2.05, 4.69) is 9.47 Å². The van der Waals surface area contributed by atoms with E-state index in [0.717, 1.165) is 7.11 Å². The highest BCUT2D eigenvalue weighted by atomic mass is 19.4. The van der Waals surface area contributed by atoms with Crippen molar-refractivity contribution in [2.45, 2.75) is 19.0 Å². The maximum Gasteiger partial charge on any atom is 0.573 e.